The van der Waals surface area contributed by atoms with Gasteiger partial charge in [0.25, 0.3) is 5.91 Å². The molecule has 1 aromatic rings. The molecule has 0 aromatic heterocycles. The second-order valence-electron chi connectivity index (χ2n) is 3.93. The van der Waals surface area contributed by atoms with Gasteiger partial charge in [-0.15, -0.1) is 0 Å². The number of hydrogen-bond donors (Lipinski definition) is 2. The quantitative estimate of drug-likeness (QED) is 0.868. The molecule has 17 heavy (non-hydrogen) atoms. The van der Waals surface area contributed by atoms with Crippen LogP contribution in [0.1, 0.15) is 23.7 Å². The number of benzene rings is 1. The van der Waals surface area contributed by atoms with Crippen LogP contribution < -0.4 is 5.32 Å². The summed E-state index contributed by atoms with van der Waals surface area (Å²) >= 11 is 11.8. The Bertz CT molecular complexity index is 396. The van der Waals surface area contributed by atoms with Crippen LogP contribution in [0, 0.1) is 5.92 Å². The van der Waals surface area contributed by atoms with E-state index in [1.807, 2.05) is 6.92 Å². The van der Waals surface area contributed by atoms with Gasteiger partial charge in [0, 0.05) is 13.2 Å². The molecule has 3 nitrogen and oxygen atoms in total. The molecule has 1 amide bonds. The second-order valence-corrected chi connectivity index (χ2v) is 4.71. The zero-order valence-electron chi connectivity index (χ0n) is 9.54. The summed E-state index contributed by atoms with van der Waals surface area (Å²) in [7, 11) is 0. The van der Waals surface area contributed by atoms with Crippen LogP contribution >= 0.6 is 23.2 Å². The molecule has 1 unspecified atom stereocenters. The molecule has 0 aliphatic rings. The Morgan fingerprint density at radius 3 is 2.82 bits per heavy atom. The summed E-state index contributed by atoms with van der Waals surface area (Å²) in [4.78, 5) is 11.8. The van der Waals surface area contributed by atoms with Crippen molar-refractivity contribution in [2.24, 2.45) is 5.92 Å². The smallest absolute Gasteiger partial charge is 0.252 e. The van der Waals surface area contributed by atoms with E-state index in [-0.39, 0.29) is 23.5 Å². The van der Waals surface area contributed by atoms with Crippen molar-refractivity contribution in [3.63, 3.8) is 0 Å². The standard InChI is InChI=1S/C12H15Cl2NO2/c1-8(5-6-16)7-15-12(17)9-3-2-4-10(13)11(9)14/h2-4,8,16H,5-7H2,1H3,(H,15,17). The normalized spacial score (nSPS) is 12.2. The lowest BCUT2D eigenvalue weighted by Gasteiger charge is -2.12. The molecule has 0 spiro atoms. The van der Waals surface area contributed by atoms with E-state index < -0.39 is 0 Å². The number of rotatable bonds is 5. The van der Waals surface area contributed by atoms with E-state index >= 15 is 0 Å². The predicted octanol–water partition coefficient (Wildman–Crippen LogP) is 2.74. The van der Waals surface area contributed by atoms with E-state index in [4.69, 9.17) is 28.3 Å². The van der Waals surface area contributed by atoms with Crippen LogP contribution in [0.25, 0.3) is 0 Å². The molecule has 94 valence electrons. The summed E-state index contributed by atoms with van der Waals surface area (Å²) in [5.41, 5.74) is 0.371. The SMILES string of the molecule is CC(CCO)CNC(=O)c1cccc(Cl)c1Cl. The van der Waals surface area contributed by atoms with Crippen molar-refractivity contribution >= 4 is 29.1 Å². The highest BCUT2D eigenvalue weighted by Gasteiger charge is 2.13. The van der Waals surface area contributed by atoms with Gasteiger partial charge in [0.2, 0.25) is 0 Å². The lowest BCUT2D eigenvalue weighted by Crippen LogP contribution is -2.28. The number of carbonyl (C=O) groups excluding carboxylic acids is 1. The van der Waals surface area contributed by atoms with Crippen LogP contribution in [0.3, 0.4) is 0 Å². The van der Waals surface area contributed by atoms with Crippen molar-refractivity contribution in [2.75, 3.05) is 13.2 Å². The van der Waals surface area contributed by atoms with E-state index in [1.54, 1.807) is 18.2 Å². The number of amides is 1. The molecular weight excluding hydrogens is 261 g/mol. The molecule has 0 heterocycles. The lowest BCUT2D eigenvalue weighted by molar-refractivity contribution is 0.0945. The Kier molecular flexibility index (Phi) is 5.75. The average Bonchev–Trinajstić information content (AvgIpc) is 2.30. The first-order valence-electron chi connectivity index (χ1n) is 5.39. The molecule has 0 bridgehead atoms. The van der Waals surface area contributed by atoms with Gasteiger partial charge in [0.05, 0.1) is 15.6 Å². The summed E-state index contributed by atoms with van der Waals surface area (Å²) in [5.74, 6) is -0.0239. The maximum absolute atomic E-state index is 11.8. The summed E-state index contributed by atoms with van der Waals surface area (Å²) in [6, 6.07) is 4.94. The van der Waals surface area contributed by atoms with Gasteiger partial charge in [-0.05, 0) is 24.5 Å². The van der Waals surface area contributed by atoms with Crippen LogP contribution in [0.15, 0.2) is 18.2 Å². The van der Waals surface area contributed by atoms with Gasteiger partial charge in [0.1, 0.15) is 0 Å². The van der Waals surface area contributed by atoms with Crippen LogP contribution in [0.4, 0.5) is 0 Å². The predicted molar refractivity (Wildman–Crippen MR) is 69.7 cm³/mol. The summed E-state index contributed by atoms with van der Waals surface area (Å²) in [5, 5.41) is 12.1. The molecule has 0 saturated carbocycles. The first kappa shape index (κ1) is 14.3. The largest absolute Gasteiger partial charge is 0.396 e. The molecule has 1 rings (SSSR count). The van der Waals surface area contributed by atoms with E-state index in [2.05, 4.69) is 5.32 Å². The average molecular weight is 276 g/mol. The van der Waals surface area contributed by atoms with E-state index in [1.165, 1.54) is 0 Å². The number of nitrogens with one attached hydrogen (secondary N) is 1. The first-order valence-corrected chi connectivity index (χ1v) is 6.15. The van der Waals surface area contributed by atoms with Gasteiger partial charge in [-0.2, -0.15) is 0 Å². The summed E-state index contributed by atoms with van der Waals surface area (Å²) in [6.07, 6.45) is 0.656. The number of halogens is 2. The van der Waals surface area contributed by atoms with Crippen molar-refractivity contribution in [1.29, 1.82) is 0 Å². The van der Waals surface area contributed by atoms with Gasteiger partial charge in [-0.1, -0.05) is 36.2 Å². The molecule has 0 aliphatic carbocycles. The van der Waals surface area contributed by atoms with Gasteiger partial charge in [-0.25, -0.2) is 0 Å². The van der Waals surface area contributed by atoms with E-state index in [0.717, 1.165) is 0 Å². The fourth-order valence-corrected chi connectivity index (χ4v) is 1.75. The minimum atomic E-state index is -0.248. The second kappa shape index (κ2) is 6.84. The van der Waals surface area contributed by atoms with E-state index in [9.17, 15) is 4.79 Å². The van der Waals surface area contributed by atoms with Crippen molar-refractivity contribution in [3.05, 3.63) is 33.8 Å². The fraction of sp³-hybridized carbons (Fsp3) is 0.417. The van der Waals surface area contributed by atoms with Crippen molar-refractivity contribution in [3.8, 4) is 0 Å². The van der Waals surface area contributed by atoms with Crippen LogP contribution in [0.2, 0.25) is 10.0 Å². The van der Waals surface area contributed by atoms with Gasteiger partial charge >= 0.3 is 0 Å². The van der Waals surface area contributed by atoms with Crippen molar-refractivity contribution in [1.82, 2.24) is 5.32 Å². The number of aliphatic hydroxyl groups excluding tert-OH is 1. The summed E-state index contributed by atoms with van der Waals surface area (Å²) in [6.45, 7) is 2.58. The van der Waals surface area contributed by atoms with Crippen molar-refractivity contribution < 1.29 is 9.90 Å². The fourth-order valence-electron chi connectivity index (χ4n) is 1.36. The summed E-state index contributed by atoms with van der Waals surface area (Å²) < 4.78 is 0. The topological polar surface area (TPSA) is 49.3 Å². The third-order valence-electron chi connectivity index (χ3n) is 2.43. The minimum absolute atomic E-state index is 0.120. The molecular formula is C12H15Cl2NO2. The monoisotopic (exact) mass is 275 g/mol. The van der Waals surface area contributed by atoms with Crippen LogP contribution in [-0.4, -0.2) is 24.2 Å². The van der Waals surface area contributed by atoms with Gasteiger partial charge < -0.3 is 10.4 Å². The molecule has 1 atom stereocenters. The van der Waals surface area contributed by atoms with Crippen molar-refractivity contribution in [2.45, 2.75) is 13.3 Å². The highest BCUT2D eigenvalue weighted by atomic mass is 35.5. The third kappa shape index (κ3) is 4.19. The number of aliphatic hydroxyl groups is 1. The molecule has 0 radical (unpaired) electrons. The molecule has 0 saturated heterocycles. The molecule has 5 heteroatoms. The molecule has 0 aliphatic heterocycles. The zero-order valence-corrected chi connectivity index (χ0v) is 11.1. The van der Waals surface area contributed by atoms with Gasteiger partial charge in [0.15, 0.2) is 0 Å². The maximum atomic E-state index is 11.8. The number of carbonyl (C=O) groups is 1. The van der Waals surface area contributed by atoms with Crippen LogP contribution in [0.5, 0.6) is 0 Å². The third-order valence-corrected chi connectivity index (χ3v) is 3.25. The Labute approximate surface area is 111 Å². The first-order chi connectivity index (χ1) is 8.06. The minimum Gasteiger partial charge on any atom is -0.396 e. The lowest BCUT2D eigenvalue weighted by atomic mass is 10.1. The molecule has 2 N–H and O–H groups in total. The van der Waals surface area contributed by atoms with Crippen LogP contribution in [-0.2, 0) is 0 Å². The Morgan fingerprint density at radius 2 is 2.18 bits per heavy atom. The Morgan fingerprint density at radius 1 is 1.47 bits per heavy atom. The Balaban J connectivity index is 2.61. The Hall–Kier alpha value is -0.770. The highest BCUT2D eigenvalue weighted by molar-refractivity contribution is 6.43. The molecule has 1 aromatic carbocycles. The van der Waals surface area contributed by atoms with E-state index in [0.29, 0.717) is 23.6 Å². The maximum Gasteiger partial charge on any atom is 0.252 e. The zero-order chi connectivity index (χ0) is 12.8. The molecule has 0 fully saturated rings. The number of hydrogen-bond acceptors (Lipinski definition) is 2. The van der Waals surface area contributed by atoms with Gasteiger partial charge in [-0.3, -0.25) is 4.79 Å². The highest BCUT2D eigenvalue weighted by Crippen LogP contribution is 2.25.